The Balaban J connectivity index is 1.93. The van der Waals surface area contributed by atoms with Gasteiger partial charge in [0, 0.05) is 33.4 Å². The average Bonchev–Trinajstić information content (AvgIpc) is 2.55. The van der Waals surface area contributed by atoms with Crippen molar-refractivity contribution in [2.24, 2.45) is 0 Å². The van der Waals surface area contributed by atoms with Gasteiger partial charge in [0.1, 0.15) is 5.75 Å². The number of ether oxygens (including phenoxy) is 1. The van der Waals surface area contributed by atoms with Crippen LogP contribution in [0.4, 0.5) is 5.69 Å². The minimum Gasteiger partial charge on any atom is -0.481 e. The van der Waals surface area contributed by atoms with E-state index in [1.165, 1.54) is 0 Å². The van der Waals surface area contributed by atoms with Crippen LogP contribution < -0.4 is 9.64 Å². The van der Waals surface area contributed by atoms with Crippen LogP contribution in [0.1, 0.15) is 12.5 Å². The maximum absolute atomic E-state index is 12.4. The topological polar surface area (TPSA) is 32.8 Å². The van der Waals surface area contributed by atoms with E-state index in [4.69, 9.17) is 4.74 Å². The molecular weight excluding hydrogens is 288 g/mol. The summed E-state index contributed by atoms with van der Waals surface area (Å²) in [6.45, 7) is 2.34. The van der Waals surface area contributed by atoms with E-state index in [-0.39, 0.29) is 5.91 Å². The van der Waals surface area contributed by atoms with E-state index in [2.05, 4.69) is 17.0 Å². The van der Waals surface area contributed by atoms with Crippen LogP contribution in [-0.2, 0) is 11.3 Å². The molecule has 0 fully saturated rings. The van der Waals surface area contributed by atoms with Gasteiger partial charge in [-0.15, -0.1) is 0 Å². The maximum Gasteiger partial charge on any atom is 0.263 e. The Morgan fingerprint density at radius 1 is 1.00 bits per heavy atom. The van der Waals surface area contributed by atoms with E-state index in [1.54, 1.807) is 18.9 Å². The van der Waals surface area contributed by atoms with Crippen LogP contribution in [0.3, 0.4) is 0 Å². The second-order valence-corrected chi connectivity index (χ2v) is 5.83. The second-order valence-electron chi connectivity index (χ2n) is 5.83. The molecule has 0 aliphatic carbocycles. The molecule has 0 saturated heterocycles. The molecule has 1 unspecified atom stereocenters. The lowest BCUT2D eigenvalue weighted by Gasteiger charge is -2.22. The SMILES string of the molecule is CC(Oc1ccccc1)C(=O)N(C)Cc1ccc(N(C)C)cc1. The van der Waals surface area contributed by atoms with Gasteiger partial charge in [-0.05, 0) is 36.8 Å². The number of nitrogens with zero attached hydrogens (tertiary/aromatic N) is 2. The number of rotatable bonds is 6. The van der Waals surface area contributed by atoms with Crippen molar-refractivity contribution in [1.82, 2.24) is 4.90 Å². The van der Waals surface area contributed by atoms with Crippen molar-refractivity contribution in [3.05, 3.63) is 60.2 Å². The number of amides is 1. The first-order valence-electron chi connectivity index (χ1n) is 7.70. The molecule has 4 heteroatoms. The predicted octanol–water partition coefficient (Wildman–Crippen LogP) is 3.18. The summed E-state index contributed by atoms with van der Waals surface area (Å²) in [7, 11) is 5.81. The quantitative estimate of drug-likeness (QED) is 0.821. The zero-order chi connectivity index (χ0) is 16.8. The van der Waals surface area contributed by atoms with Crippen molar-refractivity contribution < 1.29 is 9.53 Å². The number of carbonyl (C=O) groups excluding carboxylic acids is 1. The Morgan fingerprint density at radius 3 is 2.17 bits per heavy atom. The number of benzene rings is 2. The zero-order valence-electron chi connectivity index (χ0n) is 14.2. The van der Waals surface area contributed by atoms with E-state index >= 15 is 0 Å². The summed E-state index contributed by atoms with van der Waals surface area (Å²) in [6, 6.07) is 17.6. The van der Waals surface area contributed by atoms with Crippen molar-refractivity contribution >= 4 is 11.6 Å². The fraction of sp³-hybridized carbons (Fsp3) is 0.316. The van der Waals surface area contributed by atoms with Crippen molar-refractivity contribution in [3.8, 4) is 5.75 Å². The molecule has 122 valence electrons. The third-order valence-electron chi connectivity index (χ3n) is 3.65. The first-order valence-corrected chi connectivity index (χ1v) is 7.70. The molecule has 0 radical (unpaired) electrons. The molecule has 2 aromatic rings. The van der Waals surface area contributed by atoms with Crippen LogP contribution in [0.25, 0.3) is 0 Å². The van der Waals surface area contributed by atoms with Gasteiger partial charge in [-0.1, -0.05) is 30.3 Å². The van der Waals surface area contributed by atoms with Crippen molar-refractivity contribution in [1.29, 1.82) is 0 Å². The van der Waals surface area contributed by atoms with Crippen LogP contribution in [-0.4, -0.2) is 38.1 Å². The molecule has 0 saturated carbocycles. The molecule has 0 bridgehead atoms. The lowest BCUT2D eigenvalue weighted by atomic mass is 10.2. The van der Waals surface area contributed by atoms with Gasteiger partial charge in [-0.25, -0.2) is 0 Å². The van der Waals surface area contributed by atoms with Gasteiger partial charge in [0.25, 0.3) is 5.91 Å². The van der Waals surface area contributed by atoms with Crippen LogP contribution in [0, 0.1) is 0 Å². The number of para-hydroxylation sites is 1. The van der Waals surface area contributed by atoms with Crippen molar-refractivity contribution in [2.75, 3.05) is 26.0 Å². The number of hydrogen-bond acceptors (Lipinski definition) is 3. The van der Waals surface area contributed by atoms with Crippen molar-refractivity contribution in [3.63, 3.8) is 0 Å². The number of likely N-dealkylation sites (N-methyl/N-ethyl adjacent to an activating group) is 1. The summed E-state index contributed by atoms with van der Waals surface area (Å²) in [6.07, 6.45) is -0.511. The summed E-state index contributed by atoms with van der Waals surface area (Å²) in [4.78, 5) is 16.2. The highest BCUT2D eigenvalue weighted by atomic mass is 16.5. The van der Waals surface area contributed by atoms with Crippen LogP contribution in [0.15, 0.2) is 54.6 Å². The highest BCUT2D eigenvalue weighted by Crippen LogP contribution is 2.15. The monoisotopic (exact) mass is 312 g/mol. The molecule has 2 aromatic carbocycles. The predicted molar refractivity (Wildman–Crippen MR) is 93.8 cm³/mol. The Kier molecular flexibility index (Phi) is 5.63. The third-order valence-corrected chi connectivity index (χ3v) is 3.65. The fourth-order valence-electron chi connectivity index (χ4n) is 2.32. The Morgan fingerprint density at radius 2 is 1.61 bits per heavy atom. The second kappa shape index (κ2) is 7.68. The van der Waals surface area contributed by atoms with Gasteiger partial charge in [0.15, 0.2) is 6.10 Å². The molecule has 0 spiro atoms. The average molecular weight is 312 g/mol. The summed E-state index contributed by atoms with van der Waals surface area (Å²) in [5.41, 5.74) is 2.24. The minimum atomic E-state index is -0.511. The molecule has 1 atom stereocenters. The van der Waals surface area contributed by atoms with Gasteiger partial charge < -0.3 is 14.5 Å². The zero-order valence-corrected chi connectivity index (χ0v) is 14.2. The van der Waals surface area contributed by atoms with E-state index in [0.29, 0.717) is 12.3 Å². The molecule has 0 aliphatic heterocycles. The van der Waals surface area contributed by atoms with E-state index in [9.17, 15) is 4.79 Å². The fourth-order valence-corrected chi connectivity index (χ4v) is 2.32. The maximum atomic E-state index is 12.4. The van der Waals surface area contributed by atoms with E-state index < -0.39 is 6.10 Å². The van der Waals surface area contributed by atoms with E-state index in [1.807, 2.05) is 56.6 Å². The summed E-state index contributed by atoms with van der Waals surface area (Å²) in [5.74, 6) is 0.669. The number of anilines is 1. The third kappa shape index (κ3) is 4.74. The van der Waals surface area contributed by atoms with Crippen molar-refractivity contribution in [2.45, 2.75) is 19.6 Å². The first-order chi connectivity index (χ1) is 11.0. The van der Waals surface area contributed by atoms with Crippen LogP contribution in [0.5, 0.6) is 5.75 Å². The summed E-state index contributed by atoms with van der Waals surface area (Å²) >= 11 is 0. The standard InChI is InChI=1S/C19H24N2O2/c1-15(23-18-8-6-5-7-9-18)19(22)21(4)14-16-10-12-17(13-11-16)20(2)3/h5-13,15H,14H2,1-4H3. The molecule has 0 aliphatic rings. The smallest absolute Gasteiger partial charge is 0.263 e. The Hall–Kier alpha value is -2.49. The van der Waals surface area contributed by atoms with Gasteiger partial charge in [0.05, 0.1) is 0 Å². The molecule has 4 nitrogen and oxygen atoms in total. The molecule has 23 heavy (non-hydrogen) atoms. The molecule has 2 rings (SSSR count). The summed E-state index contributed by atoms with van der Waals surface area (Å²) in [5, 5.41) is 0. The Labute approximate surface area is 138 Å². The highest BCUT2D eigenvalue weighted by molar-refractivity contribution is 5.80. The van der Waals surface area contributed by atoms with Crippen LogP contribution in [0.2, 0.25) is 0 Å². The number of hydrogen-bond donors (Lipinski definition) is 0. The van der Waals surface area contributed by atoms with Crippen LogP contribution >= 0.6 is 0 Å². The molecule has 1 amide bonds. The van der Waals surface area contributed by atoms with Gasteiger partial charge in [0.2, 0.25) is 0 Å². The van der Waals surface area contributed by atoms with Gasteiger partial charge >= 0.3 is 0 Å². The summed E-state index contributed by atoms with van der Waals surface area (Å²) < 4.78 is 5.69. The molecule has 0 heterocycles. The number of carbonyl (C=O) groups is 1. The molecular formula is C19H24N2O2. The minimum absolute atomic E-state index is 0.0365. The molecule has 0 N–H and O–H groups in total. The normalized spacial score (nSPS) is 11.7. The van der Waals surface area contributed by atoms with Gasteiger partial charge in [-0.2, -0.15) is 0 Å². The van der Waals surface area contributed by atoms with Gasteiger partial charge in [-0.3, -0.25) is 4.79 Å². The lowest BCUT2D eigenvalue weighted by Crippen LogP contribution is -2.37. The largest absolute Gasteiger partial charge is 0.481 e. The van der Waals surface area contributed by atoms with E-state index in [0.717, 1.165) is 11.3 Å². The first kappa shape index (κ1) is 16.9. The Bertz CT molecular complexity index is 624. The highest BCUT2D eigenvalue weighted by Gasteiger charge is 2.19. The molecule has 0 aromatic heterocycles. The lowest BCUT2D eigenvalue weighted by molar-refractivity contribution is -0.137.